The van der Waals surface area contributed by atoms with Crippen LogP contribution in [-0.2, 0) is 0 Å². The average molecular weight is 310 g/mol. The van der Waals surface area contributed by atoms with E-state index in [-0.39, 0.29) is 0 Å². The lowest BCUT2D eigenvalue weighted by Crippen LogP contribution is -2.05. The van der Waals surface area contributed by atoms with E-state index >= 15 is 0 Å². The highest BCUT2D eigenvalue weighted by Gasteiger charge is 2.09. The van der Waals surface area contributed by atoms with E-state index in [0.717, 1.165) is 10.2 Å². The molecule has 0 aliphatic heterocycles. The lowest BCUT2D eigenvalue weighted by molar-refractivity contribution is 0.906. The number of nitrogens with one attached hydrogen (secondary N) is 1. The van der Waals surface area contributed by atoms with Gasteiger partial charge in [0, 0.05) is 19.9 Å². The summed E-state index contributed by atoms with van der Waals surface area (Å²) in [6.45, 7) is 6.43. The average Bonchev–Trinajstić information content (AvgIpc) is 2.69. The minimum atomic E-state index is 0.340. The van der Waals surface area contributed by atoms with Gasteiger partial charge in [-0.3, -0.25) is 0 Å². The smallest absolute Gasteiger partial charge is 0.0578 e. The van der Waals surface area contributed by atoms with E-state index < -0.39 is 0 Å². The van der Waals surface area contributed by atoms with Crippen molar-refractivity contribution in [1.82, 2.24) is 0 Å². The van der Waals surface area contributed by atoms with Crippen LogP contribution in [0.3, 0.4) is 0 Å². The Morgan fingerprint density at radius 1 is 1.18 bits per heavy atom. The Morgan fingerprint density at radius 2 is 1.94 bits per heavy atom. The van der Waals surface area contributed by atoms with Gasteiger partial charge in [-0.05, 0) is 66.5 Å². The highest BCUT2D eigenvalue weighted by Crippen LogP contribution is 2.29. The molecule has 1 nitrogen and oxygen atoms in total. The molecule has 0 aliphatic carbocycles. The maximum Gasteiger partial charge on any atom is 0.0578 e. The number of benzene rings is 1. The Labute approximate surface area is 115 Å². The lowest BCUT2D eigenvalue weighted by atomic mass is 10.2. The quantitative estimate of drug-likeness (QED) is 0.811. The SMILES string of the molecule is Cc1ccc(NC(C)c2ccc(C)s2)c(Br)c1. The van der Waals surface area contributed by atoms with Gasteiger partial charge in [-0.25, -0.2) is 0 Å². The Bertz CT molecular complexity index is 519. The van der Waals surface area contributed by atoms with E-state index in [1.807, 2.05) is 11.3 Å². The second-order valence-electron chi connectivity index (χ2n) is 4.30. The van der Waals surface area contributed by atoms with Gasteiger partial charge in [-0.1, -0.05) is 6.07 Å². The molecule has 2 rings (SSSR count). The van der Waals surface area contributed by atoms with Crippen LogP contribution in [0.5, 0.6) is 0 Å². The predicted octanol–water partition coefficient (Wildman–Crippen LogP) is 5.30. The van der Waals surface area contributed by atoms with Gasteiger partial charge in [0.2, 0.25) is 0 Å². The number of hydrogen-bond donors (Lipinski definition) is 1. The fourth-order valence-electron chi connectivity index (χ4n) is 1.73. The molecule has 0 spiro atoms. The third-order valence-electron chi connectivity index (χ3n) is 2.68. The molecule has 0 bridgehead atoms. The molecule has 0 saturated heterocycles. The minimum Gasteiger partial charge on any atom is -0.377 e. The first-order chi connectivity index (χ1) is 8.06. The van der Waals surface area contributed by atoms with Crippen LogP contribution in [0.2, 0.25) is 0 Å². The number of aryl methyl sites for hydroxylation is 2. The molecule has 1 heterocycles. The highest BCUT2D eigenvalue weighted by atomic mass is 79.9. The monoisotopic (exact) mass is 309 g/mol. The summed E-state index contributed by atoms with van der Waals surface area (Å²) in [6, 6.07) is 11.1. The lowest BCUT2D eigenvalue weighted by Gasteiger charge is -2.15. The van der Waals surface area contributed by atoms with Crippen molar-refractivity contribution in [3.8, 4) is 0 Å². The summed E-state index contributed by atoms with van der Waals surface area (Å²) in [6.07, 6.45) is 0. The van der Waals surface area contributed by atoms with Gasteiger partial charge in [0.15, 0.2) is 0 Å². The number of thiophene rings is 1. The molecule has 1 aromatic carbocycles. The highest BCUT2D eigenvalue weighted by molar-refractivity contribution is 9.10. The predicted molar refractivity (Wildman–Crippen MR) is 80.0 cm³/mol. The van der Waals surface area contributed by atoms with Gasteiger partial charge in [0.25, 0.3) is 0 Å². The first-order valence-electron chi connectivity index (χ1n) is 5.65. The largest absolute Gasteiger partial charge is 0.377 e. The molecule has 1 aromatic heterocycles. The van der Waals surface area contributed by atoms with Gasteiger partial charge in [0.1, 0.15) is 0 Å². The van der Waals surface area contributed by atoms with Crippen molar-refractivity contribution in [2.45, 2.75) is 26.8 Å². The van der Waals surface area contributed by atoms with E-state index in [0.29, 0.717) is 6.04 Å². The summed E-state index contributed by atoms with van der Waals surface area (Å²) >= 11 is 5.44. The zero-order valence-corrected chi connectivity index (χ0v) is 12.7. The fraction of sp³-hybridized carbons (Fsp3) is 0.286. The van der Waals surface area contributed by atoms with Crippen LogP contribution >= 0.6 is 27.3 Å². The standard InChI is InChI=1S/C14H16BrNS/c1-9-4-6-13(12(15)8-9)16-11(3)14-7-5-10(2)17-14/h4-8,11,16H,1-3H3. The van der Waals surface area contributed by atoms with Crippen LogP contribution in [-0.4, -0.2) is 0 Å². The molecule has 0 aliphatic rings. The van der Waals surface area contributed by atoms with Crippen LogP contribution in [0.4, 0.5) is 5.69 Å². The Kier molecular flexibility index (Phi) is 3.89. The summed E-state index contributed by atoms with van der Waals surface area (Å²) < 4.78 is 1.12. The summed E-state index contributed by atoms with van der Waals surface area (Å²) in [5, 5.41) is 3.53. The Hall–Kier alpha value is -0.800. The molecule has 17 heavy (non-hydrogen) atoms. The number of rotatable bonds is 3. The molecule has 0 saturated carbocycles. The van der Waals surface area contributed by atoms with Crippen molar-refractivity contribution < 1.29 is 0 Å². The van der Waals surface area contributed by atoms with Crippen molar-refractivity contribution in [2.75, 3.05) is 5.32 Å². The van der Waals surface area contributed by atoms with Crippen LogP contribution in [0, 0.1) is 13.8 Å². The van der Waals surface area contributed by atoms with Crippen molar-refractivity contribution >= 4 is 33.0 Å². The van der Waals surface area contributed by atoms with E-state index in [9.17, 15) is 0 Å². The van der Waals surface area contributed by atoms with E-state index in [4.69, 9.17) is 0 Å². The molecule has 0 radical (unpaired) electrons. The molecule has 1 unspecified atom stereocenters. The first kappa shape index (κ1) is 12.7. The van der Waals surface area contributed by atoms with Gasteiger partial charge < -0.3 is 5.32 Å². The summed E-state index contributed by atoms with van der Waals surface area (Å²) in [5.74, 6) is 0. The first-order valence-corrected chi connectivity index (χ1v) is 7.26. The number of halogens is 1. The van der Waals surface area contributed by atoms with E-state index in [2.05, 4.69) is 72.3 Å². The van der Waals surface area contributed by atoms with E-state index in [1.54, 1.807) is 0 Å². The maximum absolute atomic E-state index is 3.59. The van der Waals surface area contributed by atoms with Gasteiger partial charge in [-0.15, -0.1) is 11.3 Å². The summed E-state index contributed by atoms with van der Waals surface area (Å²) in [4.78, 5) is 2.73. The second kappa shape index (κ2) is 5.23. The van der Waals surface area contributed by atoms with Gasteiger partial charge in [-0.2, -0.15) is 0 Å². The fourth-order valence-corrected chi connectivity index (χ4v) is 3.22. The van der Waals surface area contributed by atoms with Crippen LogP contribution in [0.25, 0.3) is 0 Å². The molecule has 1 N–H and O–H groups in total. The zero-order chi connectivity index (χ0) is 12.4. The van der Waals surface area contributed by atoms with Crippen LogP contribution in [0.1, 0.15) is 28.3 Å². The zero-order valence-electron chi connectivity index (χ0n) is 10.3. The van der Waals surface area contributed by atoms with Crippen molar-refractivity contribution in [3.63, 3.8) is 0 Å². The van der Waals surface area contributed by atoms with Gasteiger partial charge >= 0.3 is 0 Å². The van der Waals surface area contributed by atoms with Crippen LogP contribution < -0.4 is 5.32 Å². The van der Waals surface area contributed by atoms with Crippen molar-refractivity contribution in [2.24, 2.45) is 0 Å². The number of hydrogen-bond acceptors (Lipinski definition) is 2. The van der Waals surface area contributed by atoms with Crippen molar-refractivity contribution in [1.29, 1.82) is 0 Å². The topological polar surface area (TPSA) is 12.0 Å². The van der Waals surface area contributed by atoms with E-state index in [1.165, 1.54) is 15.3 Å². The number of anilines is 1. The third-order valence-corrected chi connectivity index (χ3v) is 4.52. The normalized spacial score (nSPS) is 12.5. The minimum absolute atomic E-state index is 0.340. The molecular formula is C14H16BrNS. The summed E-state index contributed by atoms with van der Waals surface area (Å²) in [5.41, 5.74) is 2.41. The molecule has 3 heteroatoms. The maximum atomic E-state index is 3.59. The molecule has 2 aromatic rings. The molecule has 0 fully saturated rings. The second-order valence-corrected chi connectivity index (χ2v) is 6.47. The molecule has 90 valence electrons. The Balaban J connectivity index is 2.15. The Morgan fingerprint density at radius 3 is 2.53 bits per heavy atom. The molecule has 1 atom stereocenters. The van der Waals surface area contributed by atoms with Gasteiger partial charge in [0.05, 0.1) is 6.04 Å². The van der Waals surface area contributed by atoms with Crippen LogP contribution in [0.15, 0.2) is 34.8 Å². The third kappa shape index (κ3) is 3.11. The molecular weight excluding hydrogens is 294 g/mol. The summed E-state index contributed by atoms with van der Waals surface area (Å²) in [7, 11) is 0. The molecule has 0 amide bonds. The van der Waals surface area contributed by atoms with Crippen molar-refractivity contribution in [3.05, 3.63) is 50.1 Å².